The van der Waals surface area contributed by atoms with E-state index in [1.54, 1.807) is 0 Å². The molecule has 6 nitrogen and oxygen atoms in total. The van der Waals surface area contributed by atoms with Crippen LogP contribution in [0, 0.1) is 6.92 Å². The number of aromatic nitrogens is 4. The highest BCUT2D eigenvalue weighted by molar-refractivity contribution is 6.30. The molecule has 0 unspecified atom stereocenters. The van der Waals surface area contributed by atoms with Gasteiger partial charge in [0.1, 0.15) is 5.82 Å². The molecule has 4 rings (SSSR count). The molecule has 0 saturated carbocycles. The normalized spacial score (nSPS) is 11.1. The molecular formula is C21H20ClN5O. The summed E-state index contributed by atoms with van der Waals surface area (Å²) in [5, 5.41) is 3.85. The van der Waals surface area contributed by atoms with Crippen molar-refractivity contribution in [3.05, 3.63) is 86.6 Å². The molecule has 0 aliphatic carbocycles. The molecule has 3 N–H and O–H groups in total. The van der Waals surface area contributed by atoms with Crippen LogP contribution < -0.4 is 10.9 Å². The Hall–Kier alpha value is -3.12. The predicted molar refractivity (Wildman–Crippen MR) is 112 cm³/mol. The molecule has 0 spiro atoms. The molecule has 142 valence electrons. The van der Waals surface area contributed by atoms with Gasteiger partial charge in [0, 0.05) is 30.0 Å². The summed E-state index contributed by atoms with van der Waals surface area (Å²) in [6.45, 7) is 2.46. The van der Waals surface area contributed by atoms with Gasteiger partial charge in [0.25, 0.3) is 5.56 Å². The van der Waals surface area contributed by atoms with Crippen LogP contribution in [0.25, 0.3) is 11.0 Å². The first-order chi connectivity index (χ1) is 13.6. The Morgan fingerprint density at radius 3 is 2.57 bits per heavy atom. The molecule has 0 bridgehead atoms. The number of anilines is 1. The first-order valence-corrected chi connectivity index (χ1v) is 9.48. The van der Waals surface area contributed by atoms with E-state index in [-0.39, 0.29) is 5.56 Å². The van der Waals surface area contributed by atoms with Gasteiger partial charge < -0.3 is 10.3 Å². The highest BCUT2D eigenvalue weighted by atomic mass is 35.5. The number of aryl methyl sites for hydroxylation is 1. The van der Waals surface area contributed by atoms with Gasteiger partial charge in [-0.25, -0.2) is 9.97 Å². The van der Waals surface area contributed by atoms with Crippen molar-refractivity contribution in [3.63, 3.8) is 0 Å². The number of nitrogens with zero attached hydrogens (tertiary/aromatic N) is 2. The number of para-hydroxylation sites is 2. The Morgan fingerprint density at radius 2 is 1.82 bits per heavy atom. The van der Waals surface area contributed by atoms with E-state index in [9.17, 15) is 4.79 Å². The van der Waals surface area contributed by atoms with Crippen LogP contribution in [0.15, 0.2) is 53.3 Å². The van der Waals surface area contributed by atoms with Crippen LogP contribution in [0.1, 0.15) is 22.6 Å². The molecule has 0 aliphatic rings. The monoisotopic (exact) mass is 393 g/mol. The minimum Gasteiger partial charge on any atom is -0.355 e. The van der Waals surface area contributed by atoms with Gasteiger partial charge in [0.2, 0.25) is 5.95 Å². The second-order valence-electron chi connectivity index (χ2n) is 6.66. The number of hydrogen-bond donors (Lipinski definition) is 3. The first-order valence-electron chi connectivity index (χ1n) is 9.10. The van der Waals surface area contributed by atoms with Crippen LogP contribution in [-0.4, -0.2) is 26.5 Å². The number of hydrogen-bond acceptors (Lipinski definition) is 4. The second-order valence-corrected chi connectivity index (χ2v) is 7.10. The molecule has 28 heavy (non-hydrogen) atoms. The van der Waals surface area contributed by atoms with Crippen LogP contribution in [0.4, 0.5) is 5.95 Å². The van der Waals surface area contributed by atoms with Crippen molar-refractivity contribution in [2.75, 3.05) is 11.9 Å². The van der Waals surface area contributed by atoms with Crippen molar-refractivity contribution >= 4 is 28.6 Å². The summed E-state index contributed by atoms with van der Waals surface area (Å²) in [5.41, 5.74) is 4.23. The lowest BCUT2D eigenvalue weighted by Gasteiger charge is -2.09. The smallest absolute Gasteiger partial charge is 0.256 e. The summed E-state index contributed by atoms with van der Waals surface area (Å²) in [6.07, 6.45) is 1.22. The van der Waals surface area contributed by atoms with E-state index in [4.69, 9.17) is 11.6 Å². The van der Waals surface area contributed by atoms with Crippen LogP contribution in [0.2, 0.25) is 5.02 Å². The van der Waals surface area contributed by atoms with Gasteiger partial charge in [-0.1, -0.05) is 35.9 Å². The van der Waals surface area contributed by atoms with Crippen molar-refractivity contribution in [2.45, 2.75) is 19.8 Å². The van der Waals surface area contributed by atoms with Gasteiger partial charge in [-0.15, -0.1) is 0 Å². The molecule has 0 atom stereocenters. The maximum Gasteiger partial charge on any atom is 0.256 e. The van der Waals surface area contributed by atoms with Crippen molar-refractivity contribution < 1.29 is 0 Å². The number of fused-ring (bicyclic) bond motifs is 1. The molecule has 0 saturated heterocycles. The molecule has 2 aromatic carbocycles. The second kappa shape index (κ2) is 7.86. The van der Waals surface area contributed by atoms with Crippen molar-refractivity contribution in [1.82, 2.24) is 19.9 Å². The van der Waals surface area contributed by atoms with Crippen molar-refractivity contribution in [2.24, 2.45) is 0 Å². The van der Waals surface area contributed by atoms with Gasteiger partial charge in [0.15, 0.2) is 0 Å². The number of halogens is 1. The molecule has 0 radical (unpaired) electrons. The highest BCUT2D eigenvalue weighted by Gasteiger charge is 2.09. The molecule has 0 aliphatic heterocycles. The van der Waals surface area contributed by atoms with Crippen molar-refractivity contribution in [3.8, 4) is 0 Å². The largest absolute Gasteiger partial charge is 0.355 e. The Bertz CT molecular complexity index is 1130. The maximum absolute atomic E-state index is 12.5. The lowest BCUT2D eigenvalue weighted by atomic mass is 10.1. The summed E-state index contributed by atoms with van der Waals surface area (Å²) < 4.78 is 0. The fourth-order valence-electron chi connectivity index (χ4n) is 3.13. The van der Waals surface area contributed by atoms with E-state index >= 15 is 0 Å². The number of nitrogens with one attached hydrogen (secondary N) is 3. The number of imidazole rings is 1. The molecule has 2 heterocycles. The quantitative estimate of drug-likeness (QED) is 0.464. The SMILES string of the molecule is Cc1nc(NCCc2nc3ccccc3[nH]2)[nH]c(=O)c1Cc1ccc(Cl)cc1. The van der Waals surface area contributed by atoms with Gasteiger partial charge in [-0.05, 0) is 36.8 Å². The summed E-state index contributed by atoms with van der Waals surface area (Å²) in [6, 6.07) is 15.4. The number of H-pyrrole nitrogens is 2. The molecule has 2 aromatic heterocycles. The van der Waals surface area contributed by atoms with E-state index < -0.39 is 0 Å². The van der Waals surface area contributed by atoms with E-state index in [2.05, 4.69) is 25.3 Å². The predicted octanol–water partition coefficient (Wildman–Crippen LogP) is 3.85. The summed E-state index contributed by atoms with van der Waals surface area (Å²) >= 11 is 5.92. The first kappa shape index (κ1) is 18.3. The summed E-state index contributed by atoms with van der Waals surface area (Å²) in [4.78, 5) is 27.7. The highest BCUT2D eigenvalue weighted by Crippen LogP contribution is 2.14. The van der Waals surface area contributed by atoms with E-state index in [1.807, 2.05) is 55.5 Å². The fourth-order valence-corrected chi connectivity index (χ4v) is 3.26. The van der Waals surface area contributed by atoms with Crippen LogP contribution in [-0.2, 0) is 12.8 Å². The van der Waals surface area contributed by atoms with E-state index in [1.165, 1.54) is 0 Å². The Balaban J connectivity index is 1.42. The number of benzene rings is 2. The summed E-state index contributed by atoms with van der Waals surface area (Å²) in [5.74, 6) is 1.37. The lowest BCUT2D eigenvalue weighted by molar-refractivity contribution is 0.902. The minimum atomic E-state index is -0.131. The standard InChI is InChI=1S/C21H20ClN5O/c1-13-16(12-14-6-8-15(22)9-7-14)20(28)27-21(24-13)23-11-10-19-25-17-4-2-3-5-18(17)26-19/h2-9H,10-12H2,1H3,(H,25,26)(H2,23,24,27,28). The molecule has 0 amide bonds. The molecular weight excluding hydrogens is 374 g/mol. The van der Waals surface area contributed by atoms with Gasteiger partial charge in [-0.2, -0.15) is 0 Å². The Kier molecular flexibility index (Phi) is 5.12. The fraction of sp³-hybridized carbons (Fsp3) is 0.190. The zero-order valence-electron chi connectivity index (χ0n) is 15.4. The molecule has 7 heteroatoms. The molecule has 4 aromatic rings. The van der Waals surface area contributed by atoms with Crippen LogP contribution >= 0.6 is 11.6 Å². The number of aromatic amines is 2. The number of rotatable bonds is 6. The minimum absolute atomic E-state index is 0.131. The molecule has 0 fully saturated rings. The third kappa shape index (κ3) is 4.07. The van der Waals surface area contributed by atoms with Crippen molar-refractivity contribution in [1.29, 1.82) is 0 Å². The maximum atomic E-state index is 12.5. The average molecular weight is 394 g/mol. The van der Waals surface area contributed by atoms with Gasteiger partial charge >= 0.3 is 0 Å². The van der Waals surface area contributed by atoms with Gasteiger partial charge in [0.05, 0.1) is 16.7 Å². The van der Waals surface area contributed by atoms with Crippen LogP contribution in [0.5, 0.6) is 0 Å². The van der Waals surface area contributed by atoms with Gasteiger partial charge in [-0.3, -0.25) is 9.78 Å². The average Bonchev–Trinajstić information content (AvgIpc) is 3.09. The summed E-state index contributed by atoms with van der Waals surface area (Å²) in [7, 11) is 0. The Labute approximate surface area is 167 Å². The third-order valence-electron chi connectivity index (χ3n) is 4.61. The Morgan fingerprint density at radius 1 is 1.04 bits per heavy atom. The third-order valence-corrected chi connectivity index (χ3v) is 4.86. The lowest BCUT2D eigenvalue weighted by Crippen LogP contribution is -2.20. The van der Waals surface area contributed by atoms with Crippen LogP contribution in [0.3, 0.4) is 0 Å². The zero-order chi connectivity index (χ0) is 19.5. The van der Waals surface area contributed by atoms with E-state index in [0.717, 1.165) is 22.4 Å². The van der Waals surface area contributed by atoms with E-state index in [0.29, 0.717) is 41.6 Å². The topological polar surface area (TPSA) is 86.5 Å². The zero-order valence-corrected chi connectivity index (χ0v) is 16.2.